The third-order valence-corrected chi connectivity index (χ3v) is 4.95. The number of aliphatic hydroxyl groups excluding tert-OH is 1. The van der Waals surface area contributed by atoms with Crippen LogP contribution in [0, 0.1) is 11.8 Å². The first-order valence-electron chi connectivity index (χ1n) is 6.66. The molecule has 3 unspecified atom stereocenters. The molecule has 2 nitrogen and oxygen atoms in total. The zero-order valence-electron chi connectivity index (χ0n) is 10.5. The lowest BCUT2D eigenvalue weighted by Crippen LogP contribution is -2.47. The molecule has 2 fully saturated rings. The third kappa shape index (κ3) is 2.57. The van der Waals surface area contributed by atoms with E-state index in [9.17, 15) is 5.11 Å². The van der Waals surface area contributed by atoms with Crippen molar-refractivity contribution >= 4 is 12.6 Å². The first-order chi connectivity index (χ1) is 7.61. The number of thiol groups is 1. The molecule has 2 aliphatic rings. The summed E-state index contributed by atoms with van der Waals surface area (Å²) in [5.74, 6) is 2.39. The van der Waals surface area contributed by atoms with Crippen LogP contribution in [0.2, 0.25) is 0 Å². The van der Waals surface area contributed by atoms with Crippen LogP contribution in [0.1, 0.15) is 39.5 Å². The van der Waals surface area contributed by atoms with Crippen molar-refractivity contribution in [2.45, 2.75) is 57.7 Å². The topological polar surface area (TPSA) is 23.5 Å². The molecule has 0 amide bonds. The predicted octanol–water partition coefficient (Wildman–Crippen LogP) is 2.18. The molecular weight excluding hydrogens is 218 g/mol. The van der Waals surface area contributed by atoms with Gasteiger partial charge >= 0.3 is 0 Å². The van der Waals surface area contributed by atoms with E-state index in [1.807, 2.05) is 0 Å². The Bertz CT molecular complexity index is 220. The van der Waals surface area contributed by atoms with Gasteiger partial charge in [-0.25, -0.2) is 0 Å². The van der Waals surface area contributed by atoms with E-state index in [1.165, 1.54) is 19.4 Å². The molecule has 2 heterocycles. The second-order valence-electron chi connectivity index (χ2n) is 5.89. The van der Waals surface area contributed by atoms with Crippen molar-refractivity contribution in [2.24, 2.45) is 11.8 Å². The SMILES string of the molecule is CC(C)C(CS)CN1C2CCC1CC(O)C2. The second kappa shape index (κ2) is 5.28. The van der Waals surface area contributed by atoms with Gasteiger partial charge in [0.1, 0.15) is 0 Å². The van der Waals surface area contributed by atoms with Crippen LogP contribution in [0.15, 0.2) is 0 Å². The number of hydrogen-bond donors (Lipinski definition) is 2. The van der Waals surface area contributed by atoms with Gasteiger partial charge in [0.25, 0.3) is 0 Å². The van der Waals surface area contributed by atoms with E-state index in [0.717, 1.165) is 18.6 Å². The molecule has 0 aromatic carbocycles. The summed E-state index contributed by atoms with van der Waals surface area (Å²) in [6, 6.07) is 1.30. The average molecular weight is 243 g/mol. The molecule has 2 rings (SSSR count). The van der Waals surface area contributed by atoms with Crippen LogP contribution in [0.4, 0.5) is 0 Å². The van der Waals surface area contributed by atoms with Gasteiger partial charge in [-0.15, -0.1) is 0 Å². The van der Waals surface area contributed by atoms with E-state index < -0.39 is 0 Å². The van der Waals surface area contributed by atoms with Gasteiger partial charge in [0, 0.05) is 18.6 Å². The van der Waals surface area contributed by atoms with Crippen molar-refractivity contribution in [3.8, 4) is 0 Å². The number of aliphatic hydroxyl groups is 1. The van der Waals surface area contributed by atoms with Gasteiger partial charge in [0.15, 0.2) is 0 Å². The van der Waals surface area contributed by atoms with Crippen molar-refractivity contribution < 1.29 is 5.11 Å². The second-order valence-corrected chi connectivity index (χ2v) is 6.26. The van der Waals surface area contributed by atoms with E-state index in [4.69, 9.17) is 0 Å². The van der Waals surface area contributed by atoms with Gasteiger partial charge in [-0.1, -0.05) is 13.8 Å². The molecule has 0 aromatic rings. The molecule has 3 atom stereocenters. The Balaban J connectivity index is 1.95. The maximum atomic E-state index is 9.77. The van der Waals surface area contributed by atoms with Crippen LogP contribution in [-0.2, 0) is 0 Å². The van der Waals surface area contributed by atoms with Crippen LogP contribution < -0.4 is 0 Å². The number of hydrogen-bond acceptors (Lipinski definition) is 3. The Hall–Kier alpha value is 0.270. The molecule has 94 valence electrons. The third-order valence-electron chi connectivity index (χ3n) is 4.48. The molecule has 16 heavy (non-hydrogen) atoms. The van der Waals surface area contributed by atoms with Gasteiger partial charge in [0.05, 0.1) is 6.10 Å². The normalized spacial score (nSPS) is 36.9. The van der Waals surface area contributed by atoms with Crippen molar-refractivity contribution in [3.63, 3.8) is 0 Å². The standard InChI is InChI=1S/C13H25NOS/c1-9(2)10(8-16)7-14-11-3-4-12(14)6-13(15)5-11/h9-13,15-16H,3-8H2,1-2H3. The minimum Gasteiger partial charge on any atom is -0.393 e. The lowest BCUT2D eigenvalue weighted by Gasteiger charge is -2.39. The Morgan fingerprint density at radius 3 is 2.25 bits per heavy atom. The zero-order valence-corrected chi connectivity index (χ0v) is 11.4. The van der Waals surface area contributed by atoms with Crippen molar-refractivity contribution in [1.29, 1.82) is 0 Å². The van der Waals surface area contributed by atoms with Gasteiger partial charge < -0.3 is 5.11 Å². The van der Waals surface area contributed by atoms with Crippen LogP contribution >= 0.6 is 12.6 Å². The van der Waals surface area contributed by atoms with Crippen LogP contribution in [0.25, 0.3) is 0 Å². The molecule has 0 aliphatic carbocycles. The largest absolute Gasteiger partial charge is 0.393 e. The highest BCUT2D eigenvalue weighted by molar-refractivity contribution is 7.80. The summed E-state index contributed by atoms with van der Waals surface area (Å²) < 4.78 is 0. The van der Waals surface area contributed by atoms with Gasteiger partial charge in [-0.3, -0.25) is 4.90 Å². The molecule has 0 aromatic heterocycles. The summed E-state index contributed by atoms with van der Waals surface area (Å²) in [4.78, 5) is 2.66. The van der Waals surface area contributed by atoms with E-state index in [1.54, 1.807) is 0 Å². The van der Waals surface area contributed by atoms with Crippen molar-refractivity contribution in [2.75, 3.05) is 12.3 Å². The smallest absolute Gasteiger partial charge is 0.0570 e. The molecule has 3 heteroatoms. The Kier molecular flexibility index (Phi) is 4.20. The summed E-state index contributed by atoms with van der Waals surface area (Å²) >= 11 is 4.48. The van der Waals surface area contributed by atoms with Crippen LogP contribution in [-0.4, -0.2) is 40.5 Å². The summed E-state index contributed by atoms with van der Waals surface area (Å²) in [5, 5.41) is 9.77. The fraction of sp³-hybridized carbons (Fsp3) is 1.00. The molecule has 2 aliphatic heterocycles. The van der Waals surface area contributed by atoms with Crippen molar-refractivity contribution in [3.05, 3.63) is 0 Å². The average Bonchev–Trinajstić information content (AvgIpc) is 2.46. The van der Waals surface area contributed by atoms with Gasteiger partial charge in [0.2, 0.25) is 0 Å². The van der Waals surface area contributed by atoms with E-state index in [-0.39, 0.29) is 6.10 Å². The quantitative estimate of drug-likeness (QED) is 0.739. The minimum atomic E-state index is -0.0396. The monoisotopic (exact) mass is 243 g/mol. The highest BCUT2D eigenvalue weighted by Gasteiger charge is 2.40. The van der Waals surface area contributed by atoms with E-state index in [2.05, 4.69) is 31.4 Å². The van der Waals surface area contributed by atoms with Crippen LogP contribution in [0.3, 0.4) is 0 Å². The first kappa shape index (κ1) is 12.7. The Morgan fingerprint density at radius 1 is 1.25 bits per heavy atom. The van der Waals surface area contributed by atoms with Gasteiger partial charge in [-0.2, -0.15) is 12.6 Å². The number of piperidine rings is 1. The number of rotatable bonds is 4. The molecule has 1 N–H and O–H groups in total. The maximum Gasteiger partial charge on any atom is 0.0570 e. The number of nitrogens with zero attached hydrogens (tertiary/aromatic N) is 1. The lowest BCUT2D eigenvalue weighted by atomic mass is 9.93. The molecule has 0 spiro atoms. The highest BCUT2D eigenvalue weighted by Crippen LogP contribution is 2.36. The molecular formula is C13H25NOS. The van der Waals surface area contributed by atoms with E-state index in [0.29, 0.717) is 23.9 Å². The fourth-order valence-electron chi connectivity index (χ4n) is 3.29. The Labute approximate surface area is 105 Å². The summed E-state index contributed by atoms with van der Waals surface area (Å²) in [5.41, 5.74) is 0. The molecule has 0 radical (unpaired) electrons. The first-order valence-corrected chi connectivity index (χ1v) is 7.29. The van der Waals surface area contributed by atoms with Crippen LogP contribution in [0.5, 0.6) is 0 Å². The minimum absolute atomic E-state index is 0.0396. The molecule has 2 bridgehead atoms. The highest BCUT2D eigenvalue weighted by atomic mass is 32.1. The number of fused-ring (bicyclic) bond motifs is 2. The summed E-state index contributed by atoms with van der Waals surface area (Å²) in [6.45, 7) is 5.77. The molecule has 2 saturated heterocycles. The zero-order chi connectivity index (χ0) is 11.7. The van der Waals surface area contributed by atoms with Gasteiger partial charge in [-0.05, 0) is 43.3 Å². The maximum absolute atomic E-state index is 9.77. The predicted molar refractivity (Wildman–Crippen MR) is 70.9 cm³/mol. The summed E-state index contributed by atoms with van der Waals surface area (Å²) in [6.07, 6.45) is 4.53. The fourth-order valence-corrected chi connectivity index (χ4v) is 3.83. The summed E-state index contributed by atoms with van der Waals surface area (Å²) in [7, 11) is 0. The lowest BCUT2D eigenvalue weighted by molar-refractivity contribution is 0.0251. The molecule has 0 saturated carbocycles. The Morgan fingerprint density at radius 2 is 1.81 bits per heavy atom. The van der Waals surface area contributed by atoms with E-state index >= 15 is 0 Å². The van der Waals surface area contributed by atoms with Crippen molar-refractivity contribution in [1.82, 2.24) is 4.90 Å².